The first-order valence-electron chi connectivity index (χ1n) is 5.45. The Morgan fingerprint density at radius 3 is 2.88 bits per heavy atom. The molecule has 0 bridgehead atoms. The molecule has 0 aliphatic rings. The van der Waals surface area contributed by atoms with E-state index in [4.69, 9.17) is 4.74 Å². The standard InChI is InChI=1S/C12H15N3O2/c1-12(2,3)17-11(16)7-9-5-4-6-10-13-8-14-15(9)10/h4-6,8H,7H2,1-3H3. The Hall–Kier alpha value is -1.91. The fourth-order valence-corrected chi connectivity index (χ4v) is 1.56. The van der Waals surface area contributed by atoms with Crippen molar-refractivity contribution >= 4 is 11.6 Å². The fraction of sp³-hybridized carbons (Fsp3) is 0.417. The van der Waals surface area contributed by atoms with Gasteiger partial charge in [-0.2, -0.15) is 5.10 Å². The topological polar surface area (TPSA) is 56.5 Å². The van der Waals surface area contributed by atoms with Crippen LogP contribution in [0.2, 0.25) is 0 Å². The first kappa shape index (κ1) is 11.6. The normalized spacial score (nSPS) is 11.7. The molecule has 17 heavy (non-hydrogen) atoms. The van der Waals surface area contributed by atoms with Gasteiger partial charge in [-0.25, -0.2) is 9.50 Å². The summed E-state index contributed by atoms with van der Waals surface area (Å²) in [5.74, 6) is -0.263. The van der Waals surface area contributed by atoms with E-state index in [2.05, 4.69) is 10.1 Å². The number of fused-ring (bicyclic) bond motifs is 1. The number of esters is 1. The van der Waals surface area contributed by atoms with Crippen molar-refractivity contribution in [3.8, 4) is 0 Å². The minimum Gasteiger partial charge on any atom is -0.460 e. The summed E-state index contributed by atoms with van der Waals surface area (Å²) < 4.78 is 6.91. The van der Waals surface area contributed by atoms with Crippen molar-refractivity contribution < 1.29 is 9.53 Å². The van der Waals surface area contributed by atoms with Gasteiger partial charge in [0.2, 0.25) is 0 Å². The zero-order valence-corrected chi connectivity index (χ0v) is 10.2. The lowest BCUT2D eigenvalue weighted by Gasteiger charge is -2.19. The smallest absolute Gasteiger partial charge is 0.312 e. The van der Waals surface area contributed by atoms with Crippen molar-refractivity contribution in [2.75, 3.05) is 0 Å². The molecule has 0 saturated carbocycles. The molecular formula is C12H15N3O2. The first-order valence-corrected chi connectivity index (χ1v) is 5.45. The van der Waals surface area contributed by atoms with E-state index in [1.54, 1.807) is 4.52 Å². The van der Waals surface area contributed by atoms with Gasteiger partial charge in [0.05, 0.1) is 12.1 Å². The Bertz CT molecular complexity index is 540. The number of nitrogens with zero attached hydrogens (tertiary/aromatic N) is 3. The largest absolute Gasteiger partial charge is 0.460 e. The summed E-state index contributed by atoms with van der Waals surface area (Å²) in [6.07, 6.45) is 1.66. The lowest BCUT2D eigenvalue weighted by Crippen LogP contribution is -2.25. The van der Waals surface area contributed by atoms with Gasteiger partial charge < -0.3 is 4.74 Å². The second-order valence-corrected chi connectivity index (χ2v) is 4.81. The van der Waals surface area contributed by atoms with Crippen molar-refractivity contribution in [3.63, 3.8) is 0 Å². The average Bonchev–Trinajstić information content (AvgIpc) is 2.63. The highest BCUT2D eigenvalue weighted by Crippen LogP contribution is 2.10. The van der Waals surface area contributed by atoms with Gasteiger partial charge in [0, 0.05) is 0 Å². The van der Waals surface area contributed by atoms with Crippen LogP contribution in [-0.2, 0) is 16.0 Å². The van der Waals surface area contributed by atoms with Crippen molar-refractivity contribution in [1.29, 1.82) is 0 Å². The molecule has 2 heterocycles. The number of hydrogen-bond acceptors (Lipinski definition) is 4. The zero-order valence-electron chi connectivity index (χ0n) is 10.2. The second kappa shape index (κ2) is 4.16. The molecule has 0 spiro atoms. The highest BCUT2D eigenvalue weighted by atomic mass is 16.6. The molecular weight excluding hydrogens is 218 g/mol. The molecule has 0 fully saturated rings. The van der Waals surface area contributed by atoms with Crippen LogP contribution in [0.15, 0.2) is 24.5 Å². The van der Waals surface area contributed by atoms with Gasteiger partial charge in [0.1, 0.15) is 11.9 Å². The van der Waals surface area contributed by atoms with E-state index in [0.29, 0.717) is 0 Å². The molecule has 0 unspecified atom stereocenters. The third-order valence-electron chi connectivity index (χ3n) is 2.13. The minimum atomic E-state index is -0.465. The van der Waals surface area contributed by atoms with Crippen LogP contribution >= 0.6 is 0 Å². The number of carbonyl (C=O) groups is 1. The van der Waals surface area contributed by atoms with E-state index >= 15 is 0 Å². The molecule has 0 aliphatic carbocycles. The Kier molecular flexibility index (Phi) is 2.83. The summed E-state index contributed by atoms with van der Waals surface area (Å²) in [6, 6.07) is 5.53. The van der Waals surface area contributed by atoms with Crippen LogP contribution in [0.5, 0.6) is 0 Å². The molecule has 5 heteroatoms. The number of aromatic nitrogens is 3. The Morgan fingerprint density at radius 1 is 1.41 bits per heavy atom. The van der Waals surface area contributed by atoms with Gasteiger partial charge in [0.15, 0.2) is 5.65 Å². The van der Waals surface area contributed by atoms with Gasteiger partial charge >= 0.3 is 5.97 Å². The quantitative estimate of drug-likeness (QED) is 0.739. The fourth-order valence-electron chi connectivity index (χ4n) is 1.56. The molecule has 0 atom stereocenters. The van der Waals surface area contributed by atoms with E-state index in [9.17, 15) is 4.79 Å². The molecule has 90 valence electrons. The maximum atomic E-state index is 11.7. The van der Waals surface area contributed by atoms with Crippen LogP contribution in [0.4, 0.5) is 0 Å². The van der Waals surface area contributed by atoms with Crippen LogP contribution in [-0.4, -0.2) is 26.2 Å². The van der Waals surface area contributed by atoms with Crippen LogP contribution < -0.4 is 0 Å². The highest BCUT2D eigenvalue weighted by molar-refractivity contribution is 5.72. The summed E-state index contributed by atoms with van der Waals surface area (Å²) in [7, 11) is 0. The summed E-state index contributed by atoms with van der Waals surface area (Å²) in [4.78, 5) is 15.8. The molecule has 5 nitrogen and oxygen atoms in total. The van der Waals surface area contributed by atoms with Crippen molar-refractivity contribution in [2.45, 2.75) is 32.8 Å². The molecule has 0 aromatic carbocycles. The zero-order chi connectivity index (χ0) is 12.5. The Morgan fingerprint density at radius 2 is 2.18 bits per heavy atom. The van der Waals surface area contributed by atoms with Crippen molar-refractivity contribution in [2.24, 2.45) is 0 Å². The van der Waals surface area contributed by atoms with E-state index in [1.165, 1.54) is 6.33 Å². The van der Waals surface area contributed by atoms with Crippen LogP contribution in [0.1, 0.15) is 26.5 Å². The van der Waals surface area contributed by atoms with E-state index in [1.807, 2.05) is 39.0 Å². The Labute approximate surface area is 99.4 Å². The van der Waals surface area contributed by atoms with Gasteiger partial charge in [-0.05, 0) is 32.9 Å². The minimum absolute atomic E-state index is 0.192. The second-order valence-electron chi connectivity index (χ2n) is 4.81. The van der Waals surface area contributed by atoms with Crippen molar-refractivity contribution in [1.82, 2.24) is 14.6 Å². The molecule has 0 radical (unpaired) electrons. The predicted octanol–water partition coefficient (Wildman–Crippen LogP) is 1.61. The lowest BCUT2D eigenvalue weighted by atomic mass is 10.2. The Balaban J connectivity index is 2.18. The molecule has 0 N–H and O–H groups in total. The maximum absolute atomic E-state index is 11.7. The lowest BCUT2D eigenvalue weighted by molar-refractivity contribution is -0.154. The average molecular weight is 233 g/mol. The number of rotatable bonds is 2. The number of hydrogen-bond donors (Lipinski definition) is 0. The molecule has 2 rings (SSSR count). The van der Waals surface area contributed by atoms with Crippen LogP contribution in [0.25, 0.3) is 5.65 Å². The van der Waals surface area contributed by atoms with Gasteiger partial charge in [-0.15, -0.1) is 0 Å². The molecule has 2 aromatic heterocycles. The van der Waals surface area contributed by atoms with Crippen LogP contribution in [0.3, 0.4) is 0 Å². The third kappa shape index (κ3) is 2.81. The number of pyridine rings is 1. The summed E-state index contributed by atoms with van der Waals surface area (Å²) in [6.45, 7) is 5.54. The summed E-state index contributed by atoms with van der Waals surface area (Å²) >= 11 is 0. The maximum Gasteiger partial charge on any atom is 0.312 e. The van der Waals surface area contributed by atoms with Gasteiger partial charge in [-0.3, -0.25) is 4.79 Å². The molecule has 0 amide bonds. The van der Waals surface area contributed by atoms with Gasteiger partial charge in [0.25, 0.3) is 0 Å². The molecule has 2 aromatic rings. The number of ether oxygens (including phenoxy) is 1. The predicted molar refractivity (Wildman–Crippen MR) is 62.5 cm³/mol. The van der Waals surface area contributed by atoms with E-state index in [0.717, 1.165) is 11.3 Å². The summed E-state index contributed by atoms with van der Waals surface area (Å²) in [5, 5.41) is 4.07. The summed E-state index contributed by atoms with van der Waals surface area (Å²) in [5.41, 5.74) is 1.04. The van der Waals surface area contributed by atoms with Crippen molar-refractivity contribution in [3.05, 3.63) is 30.2 Å². The monoisotopic (exact) mass is 233 g/mol. The van der Waals surface area contributed by atoms with E-state index < -0.39 is 5.60 Å². The van der Waals surface area contributed by atoms with E-state index in [-0.39, 0.29) is 12.4 Å². The molecule has 0 aliphatic heterocycles. The molecule has 0 saturated heterocycles. The third-order valence-corrected chi connectivity index (χ3v) is 2.13. The van der Waals surface area contributed by atoms with Gasteiger partial charge in [-0.1, -0.05) is 6.07 Å². The highest BCUT2D eigenvalue weighted by Gasteiger charge is 2.17. The van der Waals surface area contributed by atoms with Crippen LogP contribution in [0, 0.1) is 0 Å². The SMILES string of the molecule is CC(C)(C)OC(=O)Cc1cccc2ncnn12. The first-order chi connectivity index (χ1) is 7.96. The number of carbonyl (C=O) groups excluding carboxylic acids is 1.